The smallest absolute Gasteiger partial charge is 0.244 e. The number of anilines is 1. The van der Waals surface area contributed by atoms with Crippen molar-refractivity contribution in [2.45, 2.75) is 19.9 Å². The van der Waals surface area contributed by atoms with Crippen LogP contribution in [0.4, 0.5) is 5.69 Å². The van der Waals surface area contributed by atoms with Gasteiger partial charge in [-0.1, -0.05) is 30.3 Å². The highest BCUT2D eigenvalue weighted by molar-refractivity contribution is 5.93. The minimum atomic E-state index is -0.550. The Hall–Kier alpha value is -3.06. The zero-order valence-corrected chi connectivity index (χ0v) is 18.3. The standard InChI is InChI=1S/C23H31N3O4/c1-6-29-19-14-13-18(15-20(19)30-7-2)24-21(27)16-26(5)22(23(28)25(3)4)17-11-9-8-10-12-17/h8-15,22H,6-7,16H2,1-5H3,(H,24,27)/t22-/m0/s1. The van der Waals surface area contributed by atoms with Gasteiger partial charge >= 0.3 is 0 Å². The van der Waals surface area contributed by atoms with Gasteiger partial charge in [0, 0.05) is 25.8 Å². The third-order valence-electron chi connectivity index (χ3n) is 4.45. The number of nitrogens with one attached hydrogen (secondary N) is 1. The van der Waals surface area contributed by atoms with Gasteiger partial charge in [0.25, 0.3) is 0 Å². The van der Waals surface area contributed by atoms with Crippen LogP contribution in [0.25, 0.3) is 0 Å². The third kappa shape index (κ3) is 6.22. The van der Waals surface area contributed by atoms with Crippen molar-refractivity contribution in [2.75, 3.05) is 46.2 Å². The maximum Gasteiger partial charge on any atom is 0.244 e. The second kappa shape index (κ2) is 11.2. The zero-order chi connectivity index (χ0) is 22.1. The highest BCUT2D eigenvalue weighted by Crippen LogP contribution is 2.30. The van der Waals surface area contributed by atoms with Crippen LogP contribution < -0.4 is 14.8 Å². The maximum absolute atomic E-state index is 12.8. The average molecular weight is 414 g/mol. The van der Waals surface area contributed by atoms with Crippen molar-refractivity contribution in [3.05, 3.63) is 54.1 Å². The summed E-state index contributed by atoms with van der Waals surface area (Å²) < 4.78 is 11.2. The fraction of sp³-hybridized carbons (Fsp3) is 0.391. The summed E-state index contributed by atoms with van der Waals surface area (Å²) >= 11 is 0. The van der Waals surface area contributed by atoms with Crippen molar-refractivity contribution in [3.8, 4) is 11.5 Å². The van der Waals surface area contributed by atoms with E-state index in [4.69, 9.17) is 9.47 Å². The van der Waals surface area contributed by atoms with Crippen molar-refractivity contribution in [3.63, 3.8) is 0 Å². The molecule has 0 spiro atoms. The van der Waals surface area contributed by atoms with Crippen molar-refractivity contribution in [1.29, 1.82) is 0 Å². The van der Waals surface area contributed by atoms with Gasteiger partial charge in [0.15, 0.2) is 11.5 Å². The quantitative estimate of drug-likeness (QED) is 0.648. The van der Waals surface area contributed by atoms with Crippen LogP contribution in [0.5, 0.6) is 11.5 Å². The predicted octanol–water partition coefficient (Wildman–Crippen LogP) is 3.18. The van der Waals surface area contributed by atoms with E-state index >= 15 is 0 Å². The molecule has 0 aliphatic heterocycles. The molecule has 2 rings (SSSR count). The fourth-order valence-electron chi connectivity index (χ4n) is 3.11. The first-order valence-electron chi connectivity index (χ1n) is 10.0. The van der Waals surface area contributed by atoms with Crippen LogP contribution in [-0.2, 0) is 9.59 Å². The molecule has 2 amide bonds. The summed E-state index contributed by atoms with van der Waals surface area (Å²) in [6, 6.07) is 14.2. The SMILES string of the molecule is CCOc1ccc(NC(=O)CN(C)[C@H](C(=O)N(C)C)c2ccccc2)cc1OCC. The first kappa shape index (κ1) is 23.2. The molecule has 0 aromatic heterocycles. The average Bonchev–Trinajstić information content (AvgIpc) is 2.71. The molecule has 30 heavy (non-hydrogen) atoms. The summed E-state index contributed by atoms with van der Waals surface area (Å²) in [7, 11) is 5.19. The first-order chi connectivity index (χ1) is 14.4. The van der Waals surface area contributed by atoms with Crippen molar-refractivity contribution in [1.82, 2.24) is 9.80 Å². The molecule has 0 aliphatic rings. The number of hydrogen-bond donors (Lipinski definition) is 1. The Balaban J connectivity index is 2.13. The van der Waals surface area contributed by atoms with Crippen LogP contribution in [0.3, 0.4) is 0 Å². The minimum Gasteiger partial charge on any atom is -0.490 e. The van der Waals surface area contributed by atoms with E-state index in [0.29, 0.717) is 30.4 Å². The topological polar surface area (TPSA) is 71.1 Å². The number of ether oxygens (including phenoxy) is 2. The summed E-state index contributed by atoms with van der Waals surface area (Å²) in [6.45, 7) is 4.86. The molecular weight excluding hydrogens is 382 g/mol. The maximum atomic E-state index is 12.8. The van der Waals surface area contributed by atoms with Gasteiger partial charge in [-0.3, -0.25) is 14.5 Å². The molecule has 0 radical (unpaired) electrons. The molecule has 1 N–H and O–H groups in total. The molecule has 2 aromatic rings. The molecule has 7 nitrogen and oxygen atoms in total. The molecule has 0 saturated carbocycles. The molecule has 7 heteroatoms. The Morgan fingerprint density at radius 2 is 1.57 bits per heavy atom. The van der Waals surface area contributed by atoms with E-state index < -0.39 is 6.04 Å². The van der Waals surface area contributed by atoms with Gasteiger partial charge in [0.1, 0.15) is 6.04 Å². The number of nitrogens with zero attached hydrogens (tertiary/aromatic N) is 2. The number of hydrogen-bond acceptors (Lipinski definition) is 5. The van der Waals surface area contributed by atoms with Gasteiger partial charge in [0.05, 0.1) is 19.8 Å². The van der Waals surface area contributed by atoms with Crippen LogP contribution in [0.15, 0.2) is 48.5 Å². The molecule has 2 aromatic carbocycles. The fourth-order valence-corrected chi connectivity index (χ4v) is 3.11. The number of carbonyl (C=O) groups excluding carboxylic acids is 2. The summed E-state index contributed by atoms with van der Waals surface area (Å²) in [6.07, 6.45) is 0. The number of benzene rings is 2. The van der Waals surface area contributed by atoms with Crippen LogP contribution in [0.2, 0.25) is 0 Å². The lowest BCUT2D eigenvalue weighted by Gasteiger charge is -2.29. The Morgan fingerprint density at radius 1 is 0.933 bits per heavy atom. The molecular formula is C23H31N3O4. The van der Waals surface area contributed by atoms with Crippen molar-refractivity contribution >= 4 is 17.5 Å². The molecule has 0 heterocycles. The van der Waals surface area contributed by atoms with Gasteiger partial charge in [-0.25, -0.2) is 0 Å². The summed E-state index contributed by atoms with van der Waals surface area (Å²) in [5.74, 6) is 0.901. The van der Waals surface area contributed by atoms with Gasteiger partial charge in [-0.15, -0.1) is 0 Å². The molecule has 0 unspecified atom stereocenters. The highest BCUT2D eigenvalue weighted by Gasteiger charge is 2.27. The number of amides is 2. The van der Waals surface area contributed by atoms with Gasteiger partial charge in [-0.2, -0.15) is 0 Å². The Labute approximate surface area is 178 Å². The summed E-state index contributed by atoms with van der Waals surface area (Å²) in [5, 5.41) is 2.87. The monoisotopic (exact) mass is 413 g/mol. The van der Waals surface area contributed by atoms with E-state index in [1.807, 2.05) is 44.2 Å². The van der Waals surface area contributed by atoms with E-state index in [-0.39, 0.29) is 18.4 Å². The minimum absolute atomic E-state index is 0.0519. The largest absolute Gasteiger partial charge is 0.490 e. The molecule has 1 atom stereocenters. The highest BCUT2D eigenvalue weighted by atomic mass is 16.5. The summed E-state index contributed by atoms with van der Waals surface area (Å²) in [4.78, 5) is 28.7. The second-order valence-corrected chi connectivity index (χ2v) is 7.04. The Morgan fingerprint density at radius 3 is 2.17 bits per heavy atom. The van der Waals surface area contributed by atoms with Crippen LogP contribution in [0.1, 0.15) is 25.5 Å². The molecule has 0 fully saturated rings. The van der Waals surface area contributed by atoms with Crippen LogP contribution >= 0.6 is 0 Å². The Kier molecular flexibility index (Phi) is 8.68. The third-order valence-corrected chi connectivity index (χ3v) is 4.45. The van der Waals surface area contributed by atoms with Gasteiger partial charge in [-0.05, 0) is 38.6 Å². The van der Waals surface area contributed by atoms with Crippen LogP contribution in [-0.4, -0.2) is 62.5 Å². The lowest BCUT2D eigenvalue weighted by Crippen LogP contribution is -2.41. The Bertz CT molecular complexity index is 840. The molecule has 0 bridgehead atoms. The zero-order valence-electron chi connectivity index (χ0n) is 18.3. The number of rotatable bonds is 10. The number of likely N-dealkylation sites (N-methyl/N-ethyl adjacent to an activating group) is 2. The molecule has 0 saturated heterocycles. The van der Waals surface area contributed by atoms with E-state index in [1.54, 1.807) is 44.2 Å². The lowest BCUT2D eigenvalue weighted by atomic mass is 10.0. The second-order valence-electron chi connectivity index (χ2n) is 7.04. The summed E-state index contributed by atoms with van der Waals surface area (Å²) in [5.41, 5.74) is 1.45. The van der Waals surface area contributed by atoms with E-state index in [1.165, 1.54) is 4.90 Å². The number of carbonyl (C=O) groups is 2. The van der Waals surface area contributed by atoms with Crippen molar-refractivity contribution < 1.29 is 19.1 Å². The van der Waals surface area contributed by atoms with E-state index in [0.717, 1.165) is 5.56 Å². The van der Waals surface area contributed by atoms with Crippen LogP contribution in [0, 0.1) is 0 Å². The van der Waals surface area contributed by atoms with E-state index in [9.17, 15) is 9.59 Å². The van der Waals surface area contributed by atoms with Gasteiger partial charge < -0.3 is 19.7 Å². The predicted molar refractivity (Wildman–Crippen MR) is 118 cm³/mol. The lowest BCUT2D eigenvalue weighted by molar-refractivity contribution is -0.134. The normalized spacial score (nSPS) is 11.7. The molecule has 0 aliphatic carbocycles. The van der Waals surface area contributed by atoms with Gasteiger partial charge in [0.2, 0.25) is 11.8 Å². The van der Waals surface area contributed by atoms with E-state index in [2.05, 4.69) is 5.32 Å². The first-order valence-corrected chi connectivity index (χ1v) is 10.0. The van der Waals surface area contributed by atoms with Crippen molar-refractivity contribution in [2.24, 2.45) is 0 Å². The molecule has 162 valence electrons.